The Hall–Kier alpha value is -0.290. The van der Waals surface area contributed by atoms with Crippen LogP contribution in [0.2, 0.25) is 0 Å². The van der Waals surface area contributed by atoms with Gasteiger partial charge in [-0.15, -0.1) is 0 Å². The van der Waals surface area contributed by atoms with E-state index in [0.29, 0.717) is 20.9 Å². The van der Waals surface area contributed by atoms with E-state index in [-0.39, 0.29) is 16.6 Å². The Balaban J connectivity index is 3.08. The molecule has 1 rings (SSSR count). The fraction of sp³-hybridized carbons (Fsp3) is 0.545. The van der Waals surface area contributed by atoms with Crippen molar-refractivity contribution in [2.45, 2.75) is 58.2 Å². The summed E-state index contributed by atoms with van der Waals surface area (Å²) >= 11 is 8.74. The number of methoxy groups -OCH3 is 1. The molecule has 3 unspecified atom stereocenters. The lowest BCUT2D eigenvalue weighted by Gasteiger charge is -2.38. The first-order chi connectivity index (χ1) is 13.1. The number of hydrogen-bond donors (Lipinski definition) is 1. The first-order valence-electron chi connectivity index (χ1n) is 9.54. The minimum absolute atomic E-state index is 0.0459. The van der Waals surface area contributed by atoms with Gasteiger partial charge in [0, 0.05) is 24.4 Å². The van der Waals surface area contributed by atoms with E-state index in [2.05, 4.69) is 69.1 Å². The predicted molar refractivity (Wildman–Crippen MR) is 134 cm³/mol. The van der Waals surface area contributed by atoms with Crippen LogP contribution in [0.4, 0.5) is 0 Å². The van der Waals surface area contributed by atoms with E-state index >= 15 is 0 Å². The second-order valence-electron chi connectivity index (χ2n) is 8.19. The molecule has 0 bridgehead atoms. The van der Waals surface area contributed by atoms with E-state index in [1.807, 2.05) is 26.7 Å². The molecule has 0 aliphatic heterocycles. The van der Waals surface area contributed by atoms with E-state index < -0.39 is 0 Å². The summed E-state index contributed by atoms with van der Waals surface area (Å²) < 4.78 is 9.26. The predicted octanol–water partition coefficient (Wildman–Crippen LogP) is 7.47. The van der Waals surface area contributed by atoms with E-state index in [1.165, 1.54) is 5.57 Å². The van der Waals surface area contributed by atoms with Crippen molar-refractivity contribution in [3.05, 3.63) is 57.4 Å². The standard InChI is InChI=1S/C22H34ClINO2P/c1-7-22(5,19-14-18(27-6)11-12-20(19)26)28-16-17(10-8-9-13-24)15-25(23)21(2,3)4/h8-13,16,19,26,28H,7,14-15H2,1-6H3/b10-8-,13-9-,17-16-. The van der Waals surface area contributed by atoms with Gasteiger partial charge in [-0.1, -0.05) is 69.1 Å². The van der Waals surface area contributed by atoms with Gasteiger partial charge < -0.3 is 9.84 Å². The number of hydrogen-bond acceptors (Lipinski definition) is 3. The molecule has 3 atom stereocenters. The van der Waals surface area contributed by atoms with Crippen LogP contribution in [0.1, 0.15) is 47.5 Å². The summed E-state index contributed by atoms with van der Waals surface area (Å²) in [5.74, 6) is 3.72. The molecule has 1 N–H and O–H groups in total. The quantitative estimate of drug-likeness (QED) is 0.143. The number of halogens is 2. The van der Waals surface area contributed by atoms with E-state index in [9.17, 15) is 5.11 Å². The molecule has 0 fully saturated rings. The molecule has 0 saturated heterocycles. The summed E-state index contributed by atoms with van der Waals surface area (Å²) in [4.78, 5) is 0. The van der Waals surface area contributed by atoms with Gasteiger partial charge in [0.25, 0.3) is 0 Å². The zero-order valence-corrected chi connectivity index (χ0v) is 21.7. The van der Waals surface area contributed by atoms with E-state index in [1.54, 1.807) is 13.2 Å². The van der Waals surface area contributed by atoms with Gasteiger partial charge in [0.1, 0.15) is 0 Å². The van der Waals surface area contributed by atoms with Gasteiger partial charge in [0.15, 0.2) is 0 Å². The summed E-state index contributed by atoms with van der Waals surface area (Å²) in [6, 6.07) is 0. The van der Waals surface area contributed by atoms with Gasteiger partial charge >= 0.3 is 0 Å². The van der Waals surface area contributed by atoms with Crippen LogP contribution >= 0.6 is 42.9 Å². The molecule has 0 spiro atoms. The zero-order valence-electron chi connectivity index (χ0n) is 17.8. The summed E-state index contributed by atoms with van der Waals surface area (Å²) in [6.45, 7) is 11.4. The summed E-state index contributed by atoms with van der Waals surface area (Å²) in [5, 5.41) is 10.5. The number of nitrogens with zero attached hydrogens (tertiary/aromatic N) is 1. The fourth-order valence-corrected chi connectivity index (χ4v) is 4.58. The van der Waals surface area contributed by atoms with Crippen LogP contribution in [0.3, 0.4) is 0 Å². The van der Waals surface area contributed by atoms with Crippen molar-refractivity contribution >= 4 is 42.9 Å². The molecule has 3 nitrogen and oxygen atoms in total. The minimum atomic E-state index is -0.118. The topological polar surface area (TPSA) is 32.7 Å². The number of allylic oxidation sites excluding steroid dienone is 6. The SMILES string of the molecule is CCC(C)(P/C=C(/C=C\C=C/I)CN(Cl)C(C)(C)C)C1CC(OC)=CC=C1O. The highest BCUT2D eigenvalue weighted by atomic mass is 127. The third-order valence-corrected chi connectivity index (χ3v) is 8.02. The van der Waals surface area contributed by atoms with E-state index in [4.69, 9.17) is 16.5 Å². The largest absolute Gasteiger partial charge is 0.512 e. The van der Waals surface area contributed by atoms with Gasteiger partial charge in [0.05, 0.1) is 18.6 Å². The van der Waals surface area contributed by atoms with Crippen molar-refractivity contribution in [3.63, 3.8) is 0 Å². The number of aliphatic hydroxyl groups is 1. The molecule has 1 aliphatic carbocycles. The maximum atomic E-state index is 10.5. The van der Waals surface area contributed by atoms with Crippen molar-refractivity contribution in [2.75, 3.05) is 13.7 Å². The van der Waals surface area contributed by atoms with Crippen molar-refractivity contribution in [2.24, 2.45) is 5.92 Å². The van der Waals surface area contributed by atoms with Crippen LogP contribution in [0.5, 0.6) is 0 Å². The van der Waals surface area contributed by atoms with E-state index in [0.717, 1.165) is 18.6 Å². The molecule has 0 amide bonds. The number of rotatable bonds is 9. The molecule has 0 heterocycles. The maximum absolute atomic E-state index is 10.5. The van der Waals surface area contributed by atoms with Crippen molar-refractivity contribution in [3.8, 4) is 0 Å². The lowest BCUT2D eigenvalue weighted by Crippen LogP contribution is -2.35. The molecular formula is C22H34ClINO2P. The highest BCUT2D eigenvalue weighted by molar-refractivity contribution is 14.1. The van der Waals surface area contributed by atoms with Crippen molar-refractivity contribution in [1.29, 1.82) is 0 Å². The molecular weight excluding hydrogens is 504 g/mol. The van der Waals surface area contributed by atoms with Gasteiger partial charge in [-0.25, -0.2) is 4.42 Å². The first-order valence-corrected chi connectivity index (χ1v) is 12.2. The van der Waals surface area contributed by atoms with Gasteiger partial charge in [-0.3, -0.25) is 0 Å². The zero-order chi connectivity index (χ0) is 21.4. The Morgan fingerprint density at radius 3 is 2.57 bits per heavy atom. The lowest BCUT2D eigenvalue weighted by molar-refractivity contribution is 0.217. The van der Waals surface area contributed by atoms with Crippen LogP contribution in [-0.2, 0) is 4.74 Å². The second kappa shape index (κ2) is 11.8. The fourth-order valence-electron chi connectivity index (χ4n) is 2.84. The Bertz CT molecular complexity index is 664. The Morgan fingerprint density at radius 2 is 2.04 bits per heavy atom. The normalized spacial score (nSPS) is 21.6. The minimum Gasteiger partial charge on any atom is -0.512 e. The van der Waals surface area contributed by atoms with Crippen LogP contribution in [0.15, 0.2) is 57.4 Å². The average Bonchev–Trinajstić information content (AvgIpc) is 2.65. The molecule has 0 aromatic rings. The first kappa shape index (κ1) is 25.7. The monoisotopic (exact) mass is 537 g/mol. The van der Waals surface area contributed by atoms with Gasteiger partial charge in [-0.2, -0.15) is 0 Å². The number of aliphatic hydroxyl groups excluding tert-OH is 1. The highest BCUT2D eigenvalue weighted by Crippen LogP contribution is 2.48. The summed E-state index contributed by atoms with van der Waals surface area (Å²) in [5.41, 5.74) is 1.06. The molecule has 0 aromatic heterocycles. The molecule has 0 saturated carbocycles. The van der Waals surface area contributed by atoms with Crippen LogP contribution in [-0.4, -0.2) is 33.9 Å². The molecule has 28 heavy (non-hydrogen) atoms. The van der Waals surface area contributed by atoms with Gasteiger partial charge in [0.2, 0.25) is 0 Å². The molecule has 1 aliphatic rings. The second-order valence-corrected chi connectivity index (χ2v) is 11.0. The Labute approximate surface area is 191 Å². The Morgan fingerprint density at radius 1 is 1.36 bits per heavy atom. The molecule has 6 heteroatoms. The van der Waals surface area contributed by atoms with Gasteiger partial charge in [-0.05, 0) is 65.9 Å². The molecule has 158 valence electrons. The maximum Gasteiger partial charge on any atom is 0.0968 e. The Kier molecular flexibility index (Phi) is 10.8. The summed E-state index contributed by atoms with van der Waals surface area (Å²) in [6.07, 6.45) is 11.5. The third kappa shape index (κ3) is 7.85. The van der Waals surface area contributed by atoms with Crippen molar-refractivity contribution in [1.82, 2.24) is 4.42 Å². The summed E-state index contributed by atoms with van der Waals surface area (Å²) in [7, 11) is 2.24. The van der Waals surface area contributed by atoms with Crippen LogP contribution in [0.25, 0.3) is 0 Å². The number of ether oxygens (including phenoxy) is 1. The smallest absolute Gasteiger partial charge is 0.0968 e. The van der Waals surface area contributed by atoms with Crippen LogP contribution < -0.4 is 0 Å². The van der Waals surface area contributed by atoms with Crippen molar-refractivity contribution < 1.29 is 9.84 Å². The highest BCUT2D eigenvalue weighted by Gasteiger charge is 2.37. The molecule has 0 aromatic carbocycles. The third-order valence-electron chi connectivity index (χ3n) is 5.10. The van der Waals surface area contributed by atoms with Crippen LogP contribution in [0, 0.1) is 5.92 Å². The average molecular weight is 538 g/mol. The molecule has 0 radical (unpaired) electrons. The lowest BCUT2D eigenvalue weighted by atomic mass is 9.83.